The molecule has 1 aromatic carbocycles. The summed E-state index contributed by atoms with van der Waals surface area (Å²) in [4.78, 5) is 11.2. The highest BCUT2D eigenvalue weighted by molar-refractivity contribution is 5.75. The average Bonchev–Trinajstić information content (AvgIpc) is 2.69. The molecule has 1 aromatic rings. The molecule has 0 bridgehead atoms. The molecule has 1 fully saturated rings. The van der Waals surface area contributed by atoms with E-state index in [-0.39, 0.29) is 0 Å². The fourth-order valence-corrected chi connectivity index (χ4v) is 1.98. The summed E-state index contributed by atoms with van der Waals surface area (Å²) in [7, 11) is 0. The van der Waals surface area contributed by atoms with Crippen LogP contribution in [-0.2, 0) is 16.0 Å². The Morgan fingerprint density at radius 2 is 2.13 bits per heavy atom. The van der Waals surface area contributed by atoms with Gasteiger partial charge in [-0.15, -0.1) is 0 Å². The molecule has 0 radical (unpaired) electrons. The summed E-state index contributed by atoms with van der Waals surface area (Å²) in [6.07, 6.45) is 1.17. The number of benzene rings is 1. The molecule has 1 aliphatic rings. The van der Waals surface area contributed by atoms with Gasteiger partial charge in [-0.05, 0) is 18.4 Å². The highest BCUT2D eigenvalue weighted by Crippen LogP contribution is 2.32. The lowest BCUT2D eigenvalue weighted by Gasteiger charge is -2.21. The molecule has 15 heavy (non-hydrogen) atoms. The van der Waals surface area contributed by atoms with Gasteiger partial charge in [0.15, 0.2) is 0 Å². The van der Waals surface area contributed by atoms with Crippen LogP contribution in [-0.4, -0.2) is 24.3 Å². The van der Waals surface area contributed by atoms with Crippen LogP contribution in [0.4, 0.5) is 0 Å². The molecular weight excluding hydrogens is 192 g/mol. The van der Waals surface area contributed by atoms with E-state index < -0.39 is 11.4 Å². The maximum Gasteiger partial charge on any atom is 0.312 e. The maximum atomic E-state index is 11.2. The minimum absolute atomic E-state index is 0.331. The van der Waals surface area contributed by atoms with Gasteiger partial charge in [-0.25, -0.2) is 0 Å². The fraction of sp³-hybridized carbons (Fsp3) is 0.417. The van der Waals surface area contributed by atoms with Crippen LogP contribution in [0.5, 0.6) is 0 Å². The molecule has 1 aliphatic heterocycles. The zero-order chi connectivity index (χ0) is 10.7. The molecule has 80 valence electrons. The minimum Gasteiger partial charge on any atom is -0.481 e. The SMILES string of the molecule is O=C(O)C1(Cc2ccccc2)CCOC1. The Morgan fingerprint density at radius 3 is 2.67 bits per heavy atom. The summed E-state index contributed by atoms with van der Waals surface area (Å²) in [5.74, 6) is -0.746. The molecule has 0 amide bonds. The van der Waals surface area contributed by atoms with Gasteiger partial charge in [0.2, 0.25) is 0 Å². The molecule has 0 saturated carbocycles. The molecule has 0 aliphatic carbocycles. The second-order valence-corrected chi connectivity index (χ2v) is 4.05. The monoisotopic (exact) mass is 206 g/mol. The number of rotatable bonds is 3. The van der Waals surface area contributed by atoms with Gasteiger partial charge in [-0.3, -0.25) is 4.79 Å². The van der Waals surface area contributed by atoms with Crippen LogP contribution in [0.2, 0.25) is 0 Å². The highest BCUT2D eigenvalue weighted by atomic mass is 16.5. The first-order chi connectivity index (χ1) is 7.23. The number of carbonyl (C=O) groups is 1. The van der Waals surface area contributed by atoms with E-state index in [0.29, 0.717) is 26.1 Å². The third-order valence-electron chi connectivity index (χ3n) is 2.94. The molecule has 1 saturated heterocycles. The van der Waals surface area contributed by atoms with Crippen molar-refractivity contribution in [2.75, 3.05) is 13.2 Å². The van der Waals surface area contributed by atoms with Crippen LogP contribution < -0.4 is 0 Å². The normalized spacial score (nSPS) is 25.3. The van der Waals surface area contributed by atoms with Crippen LogP contribution in [0.15, 0.2) is 30.3 Å². The van der Waals surface area contributed by atoms with Crippen molar-refractivity contribution in [2.24, 2.45) is 5.41 Å². The molecule has 3 heteroatoms. The van der Waals surface area contributed by atoms with Gasteiger partial charge in [0.25, 0.3) is 0 Å². The Morgan fingerprint density at radius 1 is 1.40 bits per heavy atom. The van der Waals surface area contributed by atoms with Gasteiger partial charge in [0, 0.05) is 6.61 Å². The molecule has 0 spiro atoms. The average molecular weight is 206 g/mol. The zero-order valence-corrected chi connectivity index (χ0v) is 8.48. The molecule has 3 nitrogen and oxygen atoms in total. The Kier molecular flexibility index (Phi) is 2.73. The number of ether oxygens (including phenoxy) is 1. The maximum absolute atomic E-state index is 11.2. The smallest absolute Gasteiger partial charge is 0.312 e. The quantitative estimate of drug-likeness (QED) is 0.819. The standard InChI is InChI=1S/C12H14O3/c13-11(14)12(6-7-15-9-12)8-10-4-2-1-3-5-10/h1-5H,6-9H2,(H,13,14). The van der Waals surface area contributed by atoms with Crippen LogP contribution in [0.1, 0.15) is 12.0 Å². The molecule has 1 heterocycles. The van der Waals surface area contributed by atoms with Crippen molar-refractivity contribution in [2.45, 2.75) is 12.8 Å². The van der Waals surface area contributed by atoms with E-state index in [0.717, 1.165) is 5.56 Å². The van der Waals surface area contributed by atoms with E-state index in [1.165, 1.54) is 0 Å². The topological polar surface area (TPSA) is 46.5 Å². The number of carboxylic acids is 1. The molecular formula is C12H14O3. The first kappa shape index (κ1) is 10.2. The summed E-state index contributed by atoms with van der Waals surface area (Å²) >= 11 is 0. The van der Waals surface area contributed by atoms with E-state index in [2.05, 4.69) is 0 Å². The van der Waals surface area contributed by atoms with E-state index >= 15 is 0 Å². The van der Waals surface area contributed by atoms with Gasteiger partial charge in [0.1, 0.15) is 0 Å². The van der Waals surface area contributed by atoms with E-state index in [9.17, 15) is 9.90 Å². The Bertz CT molecular complexity index is 339. The molecule has 2 rings (SSSR count). The fourth-order valence-electron chi connectivity index (χ4n) is 1.98. The van der Waals surface area contributed by atoms with E-state index in [1.54, 1.807) is 0 Å². The highest BCUT2D eigenvalue weighted by Gasteiger charge is 2.42. The van der Waals surface area contributed by atoms with Crippen molar-refractivity contribution < 1.29 is 14.6 Å². The third-order valence-corrected chi connectivity index (χ3v) is 2.94. The van der Waals surface area contributed by atoms with Gasteiger partial charge in [0.05, 0.1) is 12.0 Å². The van der Waals surface area contributed by atoms with Crippen molar-refractivity contribution in [1.29, 1.82) is 0 Å². The predicted octanol–water partition coefficient (Wildman–Crippen LogP) is 1.72. The van der Waals surface area contributed by atoms with Crippen LogP contribution >= 0.6 is 0 Å². The van der Waals surface area contributed by atoms with Crippen molar-refractivity contribution in [3.63, 3.8) is 0 Å². The summed E-state index contributed by atoms with van der Waals surface area (Å²) in [6.45, 7) is 0.885. The van der Waals surface area contributed by atoms with Crippen molar-refractivity contribution in [1.82, 2.24) is 0 Å². The van der Waals surface area contributed by atoms with E-state index in [4.69, 9.17) is 4.74 Å². The summed E-state index contributed by atoms with van der Waals surface area (Å²) in [6, 6.07) is 9.72. The number of hydrogen-bond donors (Lipinski definition) is 1. The Labute approximate surface area is 88.7 Å². The first-order valence-electron chi connectivity index (χ1n) is 5.08. The van der Waals surface area contributed by atoms with E-state index in [1.807, 2.05) is 30.3 Å². The first-order valence-corrected chi connectivity index (χ1v) is 5.08. The Balaban J connectivity index is 2.18. The van der Waals surface area contributed by atoms with Gasteiger partial charge in [-0.1, -0.05) is 30.3 Å². The van der Waals surface area contributed by atoms with Gasteiger partial charge in [-0.2, -0.15) is 0 Å². The number of carboxylic acid groups (broad SMARTS) is 1. The lowest BCUT2D eigenvalue weighted by Crippen LogP contribution is -2.33. The summed E-state index contributed by atoms with van der Waals surface area (Å²) < 4.78 is 5.21. The summed E-state index contributed by atoms with van der Waals surface area (Å²) in [5.41, 5.74) is 0.354. The lowest BCUT2D eigenvalue weighted by molar-refractivity contribution is -0.148. The lowest BCUT2D eigenvalue weighted by atomic mass is 9.81. The van der Waals surface area contributed by atoms with Crippen molar-refractivity contribution >= 4 is 5.97 Å². The van der Waals surface area contributed by atoms with Crippen LogP contribution in [0.25, 0.3) is 0 Å². The molecule has 1 atom stereocenters. The number of aliphatic carboxylic acids is 1. The van der Waals surface area contributed by atoms with Crippen LogP contribution in [0.3, 0.4) is 0 Å². The molecule has 1 unspecified atom stereocenters. The third kappa shape index (κ3) is 2.02. The summed E-state index contributed by atoms with van der Waals surface area (Å²) in [5, 5.41) is 9.25. The zero-order valence-electron chi connectivity index (χ0n) is 8.48. The number of hydrogen-bond acceptors (Lipinski definition) is 2. The minimum atomic E-state index is -0.746. The van der Waals surface area contributed by atoms with Crippen molar-refractivity contribution in [3.05, 3.63) is 35.9 Å². The molecule has 1 N–H and O–H groups in total. The second kappa shape index (κ2) is 4.03. The van der Waals surface area contributed by atoms with Gasteiger partial charge < -0.3 is 9.84 Å². The van der Waals surface area contributed by atoms with Crippen LogP contribution in [0, 0.1) is 5.41 Å². The second-order valence-electron chi connectivity index (χ2n) is 4.05. The Hall–Kier alpha value is -1.35. The van der Waals surface area contributed by atoms with Crippen molar-refractivity contribution in [3.8, 4) is 0 Å². The predicted molar refractivity (Wildman–Crippen MR) is 55.7 cm³/mol. The molecule has 0 aromatic heterocycles. The largest absolute Gasteiger partial charge is 0.481 e. The van der Waals surface area contributed by atoms with Gasteiger partial charge >= 0.3 is 5.97 Å².